The van der Waals surface area contributed by atoms with Crippen LogP contribution in [0.15, 0.2) is 30.3 Å². The van der Waals surface area contributed by atoms with Crippen molar-refractivity contribution in [2.45, 2.75) is 33.2 Å². The third-order valence-corrected chi connectivity index (χ3v) is 5.59. The fourth-order valence-corrected chi connectivity index (χ4v) is 4.11. The summed E-state index contributed by atoms with van der Waals surface area (Å²) in [5, 5.41) is 0. The fourth-order valence-electron chi connectivity index (χ4n) is 4.11. The van der Waals surface area contributed by atoms with Crippen molar-refractivity contribution in [3.8, 4) is 0 Å². The van der Waals surface area contributed by atoms with Crippen LogP contribution >= 0.6 is 0 Å². The lowest BCUT2D eigenvalue weighted by molar-refractivity contribution is -0.915. The number of nitrogens with one attached hydrogen (secondary N) is 1. The van der Waals surface area contributed by atoms with Gasteiger partial charge in [0.1, 0.15) is 0 Å². The second kappa shape index (κ2) is 7.31. The third-order valence-electron chi connectivity index (χ3n) is 5.59. The Balaban J connectivity index is 1.44. The van der Waals surface area contributed by atoms with Gasteiger partial charge in [-0.25, -0.2) is 14.9 Å². The zero-order chi connectivity index (χ0) is 19.8. The quantitative estimate of drug-likeness (QED) is 0.783. The summed E-state index contributed by atoms with van der Waals surface area (Å²) < 4.78 is 0. The van der Waals surface area contributed by atoms with Gasteiger partial charge in [0, 0.05) is 11.4 Å². The molecule has 1 aromatic heterocycles. The van der Waals surface area contributed by atoms with Gasteiger partial charge < -0.3 is 9.80 Å². The number of nitrogens with zero attached hydrogens (tertiary/aromatic N) is 4. The van der Waals surface area contributed by atoms with Crippen LogP contribution in [0.4, 0.5) is 11.6 Å². The van der Waals surface area contributed by atoms with Crippen LogP contribution in [-0.4, -0.2) is 54.0 Å². The van der Waals surface area contributed by atoms with Gasteiger partial charge >= 0.3 is 0 Å². The lowest BCUT2D eigenvalue weighted by atomic mass is 10.1. The largest absolute Gasteiger partial charge is 0.330 e. The maximum atomic E-state index is 13.0. The number of amides is 2. The normalized spacial score (nSPS) is 20.9. The highest BCUT2D eigenvalue weighted by Gasteiger charge is 2.46. The molecule has 2 saturated heterocycles. The predicted octanol–water partition coefficient (Wildman–Crippen LogP) is 0.439. The number of hydrogen-bond acceptors (Lipinski definition) is 5. The van der Waals surface area contributed by atoms with Crippen LogP contribution in [0.5, 0.6) is 0 Å². The van der Waals surface area contributed by atoms with Gasteiger partial charge in [-0.2, -0.15) is 0 Å². The van der Waals surface area contributed by atoms with Crippen molar-refractivity contribution >= 4 is 23.5 Å². The molecule has 146 valence electrons. The minimum absolute atomic E-state index is 0.0834. The molecule has 0 aliphatic carbocycles. The third kappa shape index (κ3) is 3.49. The lowest BCUT2D eigenvalue weighted by Gasteiger charge is -2.34. The molecule has 2 aliphatic heterocycles. The van der Waals surface area contributed by atoms with E-state index in [1.165, 1.54) is 9.80 Å². The monoisotopic (exact) mass is 380 g/mol. The summed E-state index contributed by atoms with van der Waals surface area (Å²) >= 11 is 0. The number of imide groups is 1. The number of piperazine rings is 1. The van der Waals surface area contributed by atoms with E-state index >= 15 is 0 Å². The second-order valence-corrected chi connectivity index (χ2v) is 7.76. The molecule has 2 amide bonds. The first-order chi connectivity index (χ1) is 13.4. The highest BCUT2D eigenvalue weighted by molar-refractivity contribution is 6.21. The van der Waals surface area contributed by atoms with Crippen LogP contribution in [-0.2, 0) is 9.59 Å². The molecule has 2 fully saturated rings. The van der Waals surface area contributed by atoms with E-state index in [1.54, 1.807) is 0 Å². The Hall–Kier alpha value is -2.80. The molecule has 0 unspecified atom stereocenters. The van der Waals surface area contributed by atoms with E-state index in [0.717, 1.165) is 49.1 Å². The maximum absolute atomic E-state index is 13.0. The number of carbonyl (C=O) groups excluding carboxylic acids is 2. The molecule has 2 aromatic rings. The molecule has 0 bridgehead atoms. The Morgan fingerprint density at radius 3 is 2.18 bits per heavy atom. The molecule has 0 saturated carbocycles. The lowest BCUT2D eigenvalue weighted by Crippen LogP contribution is -3.19. The summed E-state index contributed by atoms with van der Waals surface area (Å²) in [6.45, 7) is 9.08. The van der Waals surface area contributed by atoms with Gasteiger partial charge in [0.05, 0.1) is 38.3 Å². The highest BCUT2D eigenvalue weighted by atomic mass is 16.2. The maximum Gasteiger partial charge on any atom is 0.292 e. The predicted molar refractivity (Wildman–Crippen MR) is 106 cm³/mol. The molecule has 28 heavy (non-hydrogen) atoms. The van der Waals surface area contributed by atoms with Crippen LogP contribution in [0.2, 0.25) is 0 Å². The first-order valence-corrected chi connectivity index (χ1v) is 9.77. The SMILES string of the molecule is Cc1ccc(N2C(=O)C[C@H]([NH+]3CCN(c4nc(C)cc(C)n4)CC3)C2=O)cc1. The summed E-state index contributed by atoms with van der Waals surface area (Å²) in [7, 11) is 0. The molecule has 0 radical (unpaired) electrons. The van der Waals surface area contributed by atoms with E-state index in [9.17, 15) is 9.59 Å². The highest BCUT2D eigenvalue weighted by Crippen LogP contribution is 2.22. The van der Waals surface area contributed by atoms with Crippen molar-refractivity contribution in [2.75, 3.05) is 36.0 Å². The van der Waals surface area contributed by atoms with Gasteiger partial charge in [-0.15, -0.1) is 0 Å². The van der Waals surface area contributed by atoms with Crippen LogP contribution in [0, 0.1) is 20.8 Å². The molecule has 1 aromatic carbocycles. The van der Waals surface area contributed by atoms with Gasteiger partial charge in [0.15, 0.2) is 6.04 Å². The fraction of sp³-hybridized carbons (Fsp3) is 0.429. The van der Waals surface area contributed by atoms with E-state index in [-0.39, 0.29) is 24.3 Å². The summed E-state index contributed by atoms with van der Waals surface area (Å²) in [5.41, 5.74) is 3.70. The Labute approximate surface area is 165 Å². The van der Waals surface area contributed by atoms with Crippen LogP contribution in [0.3, 0.4) is 0 Å². The number of benzene rings is 1. The number of aromatic nitrogens is 2. The zero-order valence-corrected chi connectivity index (χ0v) is 16.6. The molecule has 1 atom stereocenters. The van der Waals surface area contributed by atoms with Crippen LogP contribution in [0.1, 0.15) is 23.4 Å². The van der Waals surface area contributed by atoms with Crippen molar-refractivity contribution in [3.63, 3.8) is 0 Å². The zero-order valence-electron chi connectivity index (χ0n) is 16.6. The topological polar surface area (TPSA) is 70.8 Å². The van der Waals surface area contributed by atoms with Gasteiger partial charge in [-0.1, -0.05) is 17.7 Å². The first-order valence-electron chi connectivity index (χ1n) is 9.77. The molecule has 1 N–H and O–H groups in total. The summed E-state index contributed by atoms with van der Waals surface area (Å²) in [6.07, 6.45) is 0.280. The van der Waals surface area contributed by atoms with E-state index < -0.39 is 0 Å². The number of rotatable bonds is 3. The van der Waals surface area contributed by atoms with E-state index in [4.69, 9.17) is 0 Å². The Kier molecular flexibility index (Phi) is 4.85. The number of quaternary nitrogens is 1. The molecule has 7 nitrogen and oxygen atoms in total. The smallest absolute Gasteiger partial charge is 0.292 e. The number of carbonyl (C=O) groups is 2. The van der Waals surface area contributed by atoms with Crippen LogP contribution in [0.25, 0.3) is 0 Å². The molecule has 4 rings (SSSR count). The van der Waals surface area contributed by atoms with Gasteiger partial charge in [-0.05, 0) is 39.0 Å². The van der Waals surface area contributed by atoms with E-state index in [2.05, 4.69) is 14.9 Å². The Morgan fingerprint density at radius 2 is 1.57 bits per heavy atom. The minimum Gasteiger partial charge on any atom is -0.330 e. The summed E-state index contributed by atoms with van der Waals surface area (Å²) in [5.74, 6) is 0.568. The van der Waals surface area contributed by atoms with Crippen molar-refractivity contribution in [2.24, 2.45) is 0 Å². The van der Waals surface area contributed by atoms with Gasteiger partial charge in [-0.3, -0.25) is 9.59 Å². The molecule has 2 aliphatic rings. The van der Waals surface area contributed by atoms with Crippen LogP contribution < -0.4 is 14.7 Å². The molecular formula is C21H26N5O2+. The standard InChI is InChI=1S/C21H25N5O2/c1-14-4-6-17(7-5-14)26-19(27)13-18(20(26)28)24-8-10-25(11-9-24)21-22-15(2)12-16(3)23-21/h4-7,12,18H,8-11,13H2,1-3H3/p+1/t18-/m0/s1. The molecule has 3 heterocycles. The summed E-state index contributed by atoms with van der Waals surface area (Å²) in [4.78, 5) is 39.3. The average Bonchev–Trinajstić information content (AvgIpc) is 2.96. The van der Waals surface area contributed by atoms with Crippen molar-refractivity contribution < 1.29 is 14.5 Å². The van der Waals surface area contributed by atoms with Crippen molar-refractivity contribution in [1.29, 1.82) is 0 Å². The number of aryl methyl sites for hydroxylation is 3. The second-order valence-electron chi connectivity index (χ2n) is 7.76. The van der Waals surface area contributed by atoms with E-state index in [0.29, 0.717) is 5.69 Å². The Bertz CT molecular complexity index is 883. The molecule has 7 heteroatoms. The average molecular weight is 380 g/mol. The van der Waals surface area contributed by atoms with Gasteiger partial charge in [0.25, 0.3) is 5.91 Å². The first kappa shape index (κ1) is 18.6. The molecular weight excluding hydrogens is 354 g/mol. The minimum atomic E-state index is -0.295. The molecule has 0 spiro atoms. The Morgan fingerprint density at radius 1 is 0.964 bits per heavy atom. The number of hydrogen-bond donors (Lipinski definition) is 1. The van der Waals surface area contributed by atoms with Crippen molar-refractivity contribution in [1.82, 2.24) is 9.97 Å². The summed E-state index contributed by atoms with van der Waals surface area (Å²) in [6, 6.07) is 9.22. The number of anilines is 2. The van der Waals surface area contributed by atoms with E-state index in [1.807, 2.05) is 51.1 Å². The van der Waals surface area contributed by atoms with Gasteiger partial charge in [0.2, 0.25) is 11.9 Å². The van der Waals surface area contributed by atoms with Crippen molar-refractivity contribution in [3.05, 3.63) is 47.3 Å².